The van der Waals surface area contributed by atoms with Crippen LogP contribution in [0.1, 0.15) is 23.6 Å². The number of esters is 1. The average Bonchev–Trinajstić information content (AvgIpc) is 2.63. The van der Waals surface area contributed by atoms with Gasteiger partial charge < -0.3 is 14.8 Å². The summed E-state index contributed by atoms with van der Waals surface area (Å²) in [6, 6.07) is 14.1. The molecule has 0 aliphatic rings. The van der Waals surface area contributed by atoms with Gasteiger partial charge >= 0.3 is 5.97 Å². The fourth-order valence-electron chi connectivity index (χ4n) is 2.30. The molecule has 1 N–H and O–H groups in total. The molecule has 2 aromatic carbocycles. The lowest BCUT2D eigenvalue weighted by Gasteiger charge is -2.15. The first-order valence-corrected chi connectivity index (χ1v) is 8.10. The van der Waals surface area contributed by atoms with Crippen LogP contribution >= 0.6 is 0 Å². The minimum absolute atomic E-state index is 0.395. The number of carbonyl (C=O) groups is 2. The van der Waals surface area contributed by atoms with Gasteiger partial charge in [0.1, 0.15) is 5.75 Å². The Morgan fingerprint density at radius 3 is 2.31 bits per heavy atom. The van der Waals surface area contributed by atoms with Crippen LogP contribution in [0.3, 0.4) is 0 Å². The minimum Gasteiger partial charge on any atom is -0.479 e. The van der Waals surface area contributed by atoms with Gasteiger partial charge in [0.05, 0.1) is 11.6 Å². The molecule has 0 unspecified atom stereocenters. The Morgan fingerprint density at radius 2 is 1.73 bits per heavy atom. The molecule has 2 aromatic rings. The normalized spacial score (nSPS) is 11.2. The van der Waals surface area contributed by atoms with Crippen molar-refractivity contribution in [3.05, 3.63) is 59.2 Å². The number of nitrogens with zero attached hydrogens (tertiary/aromatic N) is 1. The van der Waals surface area contributed by atoms with Crippen LogP contribution in [0.5, 0.6) is 5.75 Å². The molecule has 0 radical (unpaired) electrons. The molecule has 0 bridgehead atoms. The van der Waals surface area contributed by atoms with E-state index < -0.39 is 24.6 Å². The quantitative estimate of drug-likeness (QED) is 0.807. The summed E-state index contributed by atoms with van der Waals surface area (Å²) >= 11 is 0. The minimum atomic E-state index is -0.879. The summed E-state index contributed by atoms with van der Waals surface area (Å²) in [5.41, 5.74) is 3.08. The number of hydrogen-bond acceptors (Lipinski definition) is 5. The summed E-state index contributed by atoms with van der Waals surface area (Å²) in [7, 11) is 0. The Balaban J connectivity index is 1.85. The zero-order valence-electron chi connectivity index (χ0n) is 14.9. The molecule has 0 saturated heterocycles. The summed E-state index contributed by atoms with van der Waals surface area (Å²) < 4.78 is 10.5. The standard InChI is InChI=1S/C20H20N2O4/c1-13-5-4-6-14(2)19(13)22-18(23)12-25-20(24)15(3)26-17-9-7-16(11-21)8-10-17/h4-10,15H,12H2,1-3H3,(H,22,23)/t15-/m0/s1. The van der Waals surface area contributed by atoms with Crippen LogP contribution in [-0.2, 0) is 14.3 Å². The van der Waals surface area contributed by atoms with Crippen molar-refractivity contribution in [3.63, 3.8) is 0 Å². The second-order valence-corrected chi connectivity index (χ2v) is 5.82. The van der Waals surface area contributed by atoms with E-state index in [0.717, 1.165) is 16.8 Å². The number of amides is 1. The van der Waals surface area contributed by atoms with Crippen molar-refractivity contribution >= 4 is 17.6 Å². The van der Waals surface area contributed by atoms with E-state index in [-0.39, 0.29) is 0 Å². The molecule has 2 rings (SSSR count). The topological polar surface area (TPSA) is 88.4 Å². The fraction of sp³-hybridized carbons (Fsp3) is 0.250. The molecule has 6 heteroatoms. The van der Waals surface area contributed by atoms with Crippen molar-refractivity contribution in [2.24, 2.45) is 0 Å². The van der Waals surface area contributed by atoms with Crippen LogP contribution < -0.4 is 10.1 Å². The number of para-hydroxylation sites is 1. The van der Waals surface area contributed by atoms with Crippen molar-refractivity contribution in [3.8, 4) is 11.8 Å². The van der Waals surface area contributed by atoms with Gasteiger partial charge in [0.15, 0.2) is 12.7 Å². The summed E-state index contributed by atoms with van der Waals surface area (Å²) in [5.74, 6) is -0.624. The van der Waals surface area contributed by atoms with Gasteiger partial charge in [-0.1, -0.05) is 18.2 Å². The summed E-state index contributed by atoms with van der Waals surface area (Å²) in [4.78, 5) is 24.0. The number of benzene rings is 2. The third-order valence-electron chi connectivity index (χ3n) is 3.72. The van der Waals surface area contributed by atoms with Crippen LogP contribution in [0.2, 0.25) is 0 Å². The number of nitriles is 1. The maximum absolute atomic E-state index is 12.0. The molecule has 26 heavy (non-hydrogen) atoms. The Kier molecular flexibility index (Phi) is 6.34. The highest BCUT2D eigenvalue weighted by molar-refractivity contribution is 5.94. The van der Waals surface area contributed by atoms with E-state index in [2.05, 4.69) is 5.32 Å². The highest BCUT2D eigenvalue weighted by atomic mass is 16.6. The second-order valence-electron chi connectivity index (χ2n) is 5.82. The molecule has 1 atom stereocenters. The highest BCUT2D eigenvalue weighted by Crippen LogP contribution is 2.19. The lowest BCUT2D eigenvalue weighted by molar-refractivity contribution is -0.153. The van der Waals surface area contributed by atoms with Crippen molar-refractivity contribution in [2.45, 2.75) is 26.9 Å². The van der Waals surface area contributed by atoms with Gasteiger partial charge in [0.2, 0.25) is 0 Å². The first-order chi connectivity index (χ1) is 12.4. The van der Waals surface area contributed by atoms with Gasteiger partial charge in [0.25, 0.3) is 5.91 Å². The Labute approximate surface area is 152 Å². The SMILES string of the molecule is Cc1cccc(C)c1NC(=O)COC(=O)[C@H](C)Oc1ccc(C#N)cc1. The first-order valence-electron chi connectivity index (χ1n) is 8.10. The maximum Gasteiger partial charge on any atom is 0.347 e. The zero-order valence-corrected chi connectivity index (χ0v) is 14.9. The van der Waals surface area contributed by atoms with E-state index in [9.17, 15) is 9.59 Å². The maximum atomic E-state index is 12.0. The number of anilines is 1. The average molecular weight is 352 g/mol. The van der Waals surface area contributed by atoms with Crippen molar-refractivity contribution in [1.82, 2.24) is 0 Å². The Hall–Kier alpha value is -3.33. The van der Waals surface area contributed by atoms with Gasteiger partial charge in [-0.3, -0.25) is 4.79 Å². The second kappa shape index (κ2) is 8.67. The van der Waals surface area contributed by atoms with E-state index in [0.29, 0.717) is 11.3 Å². The molecule has 0 fully saturated rings. The molecule has 0 aliphatic heterocycles. The molecule has 0 spiro atoms. The molecule has 0 aliphatic carbocycles. The number of ether oxygens (including phenoxy) is 2. The first kappa shape index (κ1) is 19.0. The van der Waals surface area contributed by atoms with E-state index in [1.165, 1.54) is 6.92 Å². The Bertz CT molecular complexity index is 818. The zero-order chi connectivity index (χ0) is 19.1. The van der Waals surface area contributed by atoms with Gasteiger partial charge in [-0.2, -0.15) is 5.26 Å². The third kappa shape index (κ3) is 5.08. The van der Waals surface area contributed by atoms with E-state index in [1.807, 2.05) is 38.1 Å². The summed E-state index contributed by atoms with van der Waals surface area (Å²) in [6.45, 7) is 4.92. The third-order valence-corrected chi connectivity index (χ3v) is 3.72. The van der Waals surface area contributed by atoms with Gasteiger partial charge in [-0.05, 0) is 56.2 Å². The van der Waals surface area contributed by atoms with Crippen molar-refractivity contribution < 1.29 is 19.1 Å². The lowest BCUT2D eigenvalue weighted by Crippen LogP contribution is -2.30. The van der Waals surface area contributed by atoms with Gasteiger partial charge in [-0.25, -0.2) is 4.79 Å². The van der Waals surface area contributed by atoms with Gasteiger partial charge in [0, 0.05) is 5.69 Å². The summed E-state index contributed by atoms with van der Waals surface area (Å²) in [6.07, 6.45) is -0.879. The monoisotopic (exact) mass is 352 g/mol. The highest BCUT2D eigenvalue weighted by Gasteiger charge is 2.18. The van der Waals surface area contributed by atoms with E-state index >= 15 is 0 Å². The van der Waals surface area contributed by atoms with Crippen LogP contribution in [0.4, 0.5) is 5.69 Å². The molecule has 0 saturated carbocycles. The number of hydrogen-bond donors (Lipinski definition) is 1. The smallest absolute Gasteiger partial charge is 0.347 e. The van der Waals surface area contributed by atoms with Gasteiger partial charge in [-0.15, -0.1) is 0 Å². The molecule has 0 heterocycles. The van der Waals surface area contributed by atoms with E-state index in [1.54, 1.807) is 24.3 Å². The van der Waals surface area contributed by atoms with E-state index in [4.69, 9.17) is 14.7 Å². The van der Waals surface area contributed by atoms with Crippen molar-refractivity contribution in [2.75, 3.05) is 11.9 Å². The number of rotatable bonds is 6. The van der Waals surface area contributed by atoms with Crippen molar-refractivity contribution in [1.29, 1.82) is 5.26 Å². The molecule has 6 nitrogen and oxygen atoms in total. The number of carbonyl (C=O) groups excluding carboxylic acids is 2. The Morgan fingerprint density at radius 1 is 1.12 bits per heavy atom. The van der Waals surface area contributed by atoms with Crippen LogP contribution in [0.25, 0.3) is 0 Å². The van der Waals surface area contributed by atoms with Crippen LogP contribution in [0, 0.1) is 25.2 Å². The van der Waals surface area contributed by atoms with Crippen LogP contribution in [-0.4, -0.2) is 24.6 Å². The lowest BCUT2D eigenvalue weighted by atomic mass is 10.1. The predicted molar refractivity (Wildman–Crippen MR) is 96.8 cm³/mol. The fourth-order valence-corrected chi connectivity index (χ4v) is 2.30. The predicted octanol–water partition coefficient (Wildman–Crippen LogP) is 3.12. The number of aryl methyl sites for hydroxylation is 2. The molecule has 134 valence electrons. The molecule has 0 aromatic heterocycles. The molecule has 1 amide bonds. The molecular formula is C20H20N2O4. The molecular weight excluding hydrogens is 332 g/mol. The summed E-state index contributed by atoms with van der Waals surface area (Å²) in [5, 5.41) is 11.5. The largest absolute Gasteiger partial charge is 0.479 e. The number of nitrogens with one attached hydrogen (secondary N) is 1. The van der Waals surface area contributed by atoms with Crippen LogP contribution in [0.15, 0.2) is 42.5 Å².